The molecule has 8 nitrogen and oxygen atoms in total. The van der Waals surface area contributed by atoms with E-state index in [2.05, 4.69) is 32.6 Å². The Balaban J connectivity index is 1.39. The predicted octanol–water partition coefficient (Wildman–Crippen LogP) is 1.49. The maximum absolute atomic E-state index is 12.7. The highest BCUT2D eigenvalue weighted by Crippen LogP contribution is 2.38. The summed E-state index contributed by atoms with van der Waals surface area (Å²) in [6.07, 6.45) is 4.66. The highest BCUT2D eigenvalue weighted by atomic mass is 16.5. The molecule has 8 heteroatoms. The molecule has 0 spiro atoms. The number of nitrogens with zero attached hydrogens (tertiary/aromatic N) is 5. The number of benzene rings is 1. The van der Waals surface area contributed by atoms with Crippen molar-refractivity contribution in [2.45, 2.75) is 50.7 Å². The molecule has 1 amide bonds. The molecule has 1 unspecified atom stereocenters. The van der Waals surface area contributed by atoms with E-state index in [0.717, 1.165) is 44.7 Å². The van der Waals surface area contributed by atoms with Crippen molar-refractivity contribution in [1.82, 2.24) is 30.4 Å². The topological polar surface area (TPSA) is 85.2 Å². The monoisotopic (exact) mass is 384 g/mol. The summed E-state index contributed by atoms with van der Waals surface area (Å²) >= 11 is 0. The summed E-state index contributed by atoms with van der Waals surface area (Å²) in [5, 5.41) is 15.6. The van der Waals surface area contributed by atoms with Crippen LogP contribution in [0.3, 0.4) is 0 Å². The maximum Gasteiger partial charge on any atom is 0.243 e. The van der Waals surface area contributed by atoms with Gasteiger partial charge in [0.1, 0.15) is 6.54 Å². The number of carbonyl (C=O) groups is 1. The fraction of sp³-hybridized carbons (Fsp3) is 0.600. The SMILES string of the molecule is CC(NC(=O)Cn1nnc(-c2ccccc2)n1)C1(N2CCOCC2)CCCC1. The van der Waals surface area contributed by atoms with Crippen LogP contribution in [0.15, 0.2) is 30.3 Å². The molecule has 1 atom stereocenters. The van der Waals surface area contributed by atoms with Gasteiger partial charge in [0, 0.05) is 30.2 Å². The minimum absolute atomic E-state index is 0.0322. The number of amides is 1. The molecule has 0 bridgehead atoms. The van der Waals surface area contributed by atoms with Gasteiger partial charge in [-0.15, -0.1) is 10.2 Å². The molecular weight excluding hydrogens is 356 g/mol. The number of hydrogen-bond donors (Lipinski definition) is 1. The fourth-order valence-corrected chi connectivity index (χ4v) is 4.58. The van der Waals surface area contributed by atoms with Crippen LogP contribution in [-0.4, -0.2) is 68.9 Å². The van der Waals surface area contributed by atoms with Crippen molar-refractivity contribution >= 4 is 5.91 Å². The summed E-state index contributed by atoms with van der Waals surface area (Å²) in [7, 11) is 0. The van der Waals surface area contributed by atoms with Crippen molar-refractivity contribution in [3.8, 4) is 11.4 Å². The van der Waals surface area contributed by atoms with Gasteiger partial charge < -0.3 is 10.1 Å². The van der Waals surface area contributed by atoms with Crippen LogP contribution in [0.2, 0.25) is 0 Å². The lowest BCUT2D eigenvalue weighted by molar-refractivity contribution is -0.124. The van der Waals surface area contributed by atoms with Crippen LogP contribution in [0, 0.1) is 0 Å². The number of nitrogens with one attached hydrogen (secondary N) is 1. The third-order valence-corrected chi connectivity index (χ3v) is 6.06. The van der Waals surface area contributed by atoms with E-state index in [0.29, 0.717) is 5.82 Å². The zero-order valence-corrected chi connectivity index (χ0v) is 16.4. The third-order valence-electron chi connectivity index (χ3n) is 6.06. The Morgan fingerprint density at radius 1 is 1.21 bits per heavy atom. The van der Waals surface area contributed by atoms with E-state index < -0.39 is 0 Å². The predicted molar refractivity (Wildman–Crippen MR) is 104 cm³/mol. The number of hydrogen-bond acceptors (Lipinski definition) is 6. The van der Waals surface area contributed by atoms with Gasteiger partial charge in [0.15, 0.2) is 0 Å². The largest absolute Gasteiger partial charge is 0.379 e. The Bertz CT molecular complexity index is 781. The summed E-state index contributed by atoms with van der Waals surface area (Å²) in [6.45, 7) is 5.61. The molecule has 150 valence electrons. The molecule has 28 heavy (non-hydrogen) atoms. The van der Waals surface area contributed by atoms with E-state index in [1.807, 2.05) is 30.3 Å². The lowest BCUT2D eigenvalue weighted by Crippen LogP contribution is -2.62. The van der Waals surface area contributed by atoms with Gasteiger partial charge in [-0.25, -0.2) is 0 Å². The van der Waals surface area contributed by atoms with Crippen LogP contribution >= 0.6 is 0 Å². The quantitative estimate of drug-likeness (QED) is 0.812. The van der Waals surface area contributed by atoms with Crippen molar-refractivity contribution < 1.29 is 9.53 Å². The third kappa shape index (κ3) is 3.93. The molecular formula is C20H28N6O2. The van der Waals surface area contributed by atoms with Crippen LogP contribution in [0.25, 0.3) is 11.4 Å². The number of carbonyl (C=O) groups excluding carboxylic acids is 1. The van der Waals surface area contributed by atoms with Crippen molar-refractivity contribution in [2.24, 2.45) is 0 Å². The summed E-state index contributed by atoms with van der Waals surface area (Å²) in [4.78, 5) is 16.6. The lowest BCUT2D eigenvalue weighted by Gasteiger charge is -2.47. The Hall–Kier alpha value is -2.32. The van der Waals surface area contributed by atoms with Gasteiger partial charge in [-0.05, 0) is 25.0 Å². The van der Waals surface area contributed by atoms with Gasteiger partial charge >= 0.3 is 0 Å². The van der Waals surface area contributed by atoms with Crippen LogP contribution < -0.4 is 5.32 Å². The zero-order chi connectivity index (χ0) is 19.4. The highest BCUT2D eigenvalue weighted by molar-refractivity contribution is 5.76. The molecule has 2 fully saturated rings. The molecule has 1 saturated heterocycles. The van der Waals surface area contributed by atoms with Crippen molar-refractivity contribution in [1.29, 1.82) is 0 Å². The second-order valence-corrected chi connectivity index (χ2v) is 7.71. The minimum atomic E-state index is -0.0796. The summed E-state index contributed by atoms with van der Waals surface area (Å²) < 4.78 is 5.53. The second kappa shape index (κ2) is 8.36. The first kappa shape index (κ1) is 19.0. The van der Waals surface area contributed by atoms with Gasteiger partial charge in [-0.2, -0.15) is 4.80 Å². The fourth-order valence-electron chi connectivity index (χ4n) is 4.58. The van der Waals surface area contributed by atoms with Crippen LogP contribution in [0.1, 0.15) is 32.6 Å². The van der Waals surface area contributed by atoms with E-state index in [1.54, 1.807) is 0 Å². The normalized spacial score (nSPS) is 20.8. The van der Waals surface area contributed by atoms with Crippen molar-refractivity contribution in [3.63, 3.8) is 0 Å². The number of ether oxygens (including phenoxy) is 1. The molecule has 1 aliphatic carbocycles. The Kier molecular flexibility index (Phi) is 5.68. The molecule has 1 N–H and O–H groups in total. The molecule has 0 radical (unpaired) electrons. The minimum Gasteiger partial charge on any atom is -0.379 e. The molecule has 2 aromatic rings. The van der Waals surface area contributed by atoms with E-state index in [4.69, 9.17) is 4.74 Å². The number of morpholine rings is 1. The van der Waals surface area contributed by atoms with E-state index in [9.17, 15) is 4.79 Å². The molecule has 1 aliphatic heterocycles. The van der Waals surface area contributed by atoms with Crippen molar-refractivity contribution in [3.05, 3.63) is 30.3 Å². The molecule has 1 aromatic heterocycles. The van der Waals surface area contributed by atoms with Gasteiger partial charge in [-0.3, -0.25) is 9.69 Å². The average Bonchev–Trinajstić information content (AvgIpc) is 3.40. The summed E-state index contributed by atoms with van der Waals surface area (Å²) in [5.74, 6) is 0.450. The molecule has 1 aromatic carbocycles. The van der Waals surface area contributed by atoms with E-state index in [1.165, 1.54) is 17.6 Å². The van der Waals surface area contributed by atoms with Crippen LogP contribution in [0.4, 0.5) is 0 Å². The van der Waals surface area contributed by atoms with Crippen molar-refractivity contribution in [2.75, 3.05) is 26.3 Å². The first-order valence-electron chi connectivity index (χ1n) is 10.1. The summed E-state index contributed by atoms with van der Waals surface area (Å²) in [6, 6.07) is 9.72. The molecule has 2 heterocycles. The van der Waals surface area contributed by atoms with Gasteiger partial charge in [-0.1, -0.05) is 43.2 Å². The average molecular weight is 384 g/mol. The smallest absolute Gasteiger partial charge is 0.243 e. The van der Waals surface area contributed by atoms with Gasteiger partial charge in [0.2, 0.25) is 11.7 Å². The lowest BCUT2D eigenvalue weighted by atomic mass is 9.86. The molecule has 4 rings (SSSR count). The second-order valence-electron chi connectivity index (χ2n) is 7.71. The first-order valence-corrected chi connectivity index (χ1v) is 10.1. The standard InChI is InChI=1S/C20H28N6O2/c1-16(20(9-5-6-10-20)25-11-13-28-14-12-25)21-18(27)15-26-23-19(22-24-26)17-7-3-2-4-8-17/h2-4,7-8,16H,5-6,9-15H2,1H3,(H,21,27). The molecule has 2 aliphatic rings. The number of aromatic nitrogens is 4. The summed E-state index contributed by atoms with van der Waals surface area (Å²) in [5.41, 5.74) is 0.921. The first-order chi connectivity index (χ1) is 13.7. The van der Waals surface area contributed by atoms with E-state index in [-0.39, 0.29) is 24.0 Å². The maximum atomic E-state index is 12.7. The molecule has 1 saturated carbocycles. The Morgan fingerprint density at radius 3 is 2.64 bits per heavy atom. The number of tetrazole rings is 1. The number of rotatable bonds is 6. The Morgan fingerprint density at radius 2 is 1.93 bits per heavy atom. The highest BCUT2D eigenvalue weighted by Gasteiger charge is 2.44. The van der Waals surface area contributed by atoms with E-state index >= 15 is 0 Å². The Labute approximate surface area is 165 Å². The zero-order valence-electron chi connectivity index (χ0n) is 16.4. The van der Waals surface area contributed by atoms with Crippen LogP contribution in [-0.2, 0) is 16.1 Å². The van der Waals surface area contributed by atoms with Gasteiger partial charge in [0.25, 0.3) is 0 Å². The van der Waals surface area contributed by atoms with Crippen LogP contribution in [0.5, 0.6) is 0 Å². The van der Waals surface area contributed by atoms with Gasteiger partial charge in [0.05, 0.1) is 13.2 Å².